The van der Waals surface area contributed by atoms with E-state index in [4.69, 9.17) is 12.2 Å². The molecule has 0 spiro atoms. The van der Waals surface area contributed by atoms with Crippen molar-refractivity contribution < 1.29 is 0 Å². The van der Waals surface area contributed by atoms with Crippen molar-refractivity contribution in [3.8, 4) is 0 Å². The number of aryl methyl sites for hydroxylation is 1. The van der Waals surface area contributed by atoms with Gasteiger partial charge in [0.05, 0.1) is 5.69 Å². The molecule has 2 aromatic rings. The van der Waals surface area contributed by atoms with Crippen molar-refractivity contribution in [3.63, 3.8) is 0 Å². The fraction of sp³-hybridized carbons (Fsp3) is 0.188. The Kier molecular flexibility index (Phi) is 6.02. The number of para-hydroxylation sites is 1. The monoisotopic (exact) mass is 348 g/mol. The maximum atomic E-state index is 5.28. The minimum absolute atomic E-state index is 0.657. The molecule has 0 radical (unpaired) electrons. The lowest BCUT2D eigenvalue weighted by molar-refractivity contribution is 0.777. The van der Waals surface area contributed by atoms with Crippen LogP contribution >= 0.6 is 28.1 Å². The molecule has 0 heterocycles. The van der Waals surface area contributed by atoms with Crippen molar-refractivity contribution in [3.05, 3.63) is 64.6 Å². The molecule has 0 aliphatic rings. The molecule has 104 valence electrons. The number of thiocarbonyl (C=S) groups is 1. The summed E-state index contributed by atoms with van der Waals surface area (Å²) in [6.07, 6.45) is 2.12. The van der Waals surface area contributed by atoms with Gasteiger partial charge >= 0.3 is 0 Å². The third kappa shape index (κ3) is 4.94. The van der Waals surface area contributed by atoms with Gasteiger partial charge in [-0.05, 0) is 58.7 Å². The van der Waals surface area contributed by atoms with Crippen LogP contribution in [0.4, 0.5) is 5.69 Å². The van der Waals surface area contributed by atoms with Gasteiger partial charge in [-0.15, -0.1) is 0 Å². The van der Waals surface area contributed by atoms with Crippen LogP contribution in [0.1, 0.15) is 12.0 Å². The van der Waals surface area contributed by atoms with Crippen LogP contribution in [0.3, 0.4) is 0 Å². The van der Waals surface area contributed by atoms with Crippen molar-refractivity contribution in [2.75, 3.05) is 11.9 Å². The molecule has 0 saturated heterocycles. The molecule has 0 aliphatic heterocycles. The summed E-state index contributed by atoms with van der Waals surface area (Å²) in [4.78, 5) is 0. The summed E-state index contributed by atoms with van der Waals surface area (Å²) in [5, 5.41) is 7.07. The zero-order valence-corrected chi connectivity index (χ0v) is 13.5. The van der Waals surface area contributed by atoms with Gasteiger partial charge in [0.1, 0.15) is 0 Å². The van der Waals surface area contributed by atoms with E-state index < -0.39 is 0 Å². The maximum Gasteiger partial charge on any atom is 0.170 e. The minimum Gasteiger partial charge on any atom is -0.362 e. The van der Waals surface area contributed by atoms with Crippen LogP contribution in [0.25, 0.3) is 0 Å². The molecule has 4 heteroatoms. The van der Waals surface area contributed by atoms with E-state index in [1.807, 2.05) is 30.3 Å². The topological polar surface area (TPSA) is 24.1 Å². The number of halogens is 1. The normalized spacial score (nSPS) is 10.1. The highest BCUT2D eigenvalue weighted by Gasteiger charge is 2.00. The van der Waals surface area contributed by atoms with Crippen molar-refractivity contribution in [2.24, 2.45) is 0 Å². The molecule has 2 nitrogen and oxygen atoms in total. The van der Waals surface area contributed by atoms with Gasteiger partial charge in [0, 0.05) is 11.0 Å². The highest BCUT2D eigenvalue weighted by Crippen LogP contribution is 2.20. The predicted molar refractivity (Wildman–Crippen MR) is 93.1 cm³/mol. The molecule has 2 rings (SSSR count). The van der Waals surface area contributed by atoms with E-state index in [0.29, 0.717) is 5.11 Å². The number of rotatable bonds is 5. The number of anilines is 1. The Morgan fingerprint density at radius 3 is 2.45 bits per heavy atom. The van der Waals surface area contributed by atoms with Crippen molar-refractivity contribution in [1.82, 2.24) is 5.32 Å². The molecule has 2 aromatic carbocycles. The molecule has 20 heavy (non-hydrogen) atoms. The Morgan fingerprint density at radius 1 is 1.00 bits per heavy atom. The van der Waals surface area contributed by atoms with E-state index in [1.54, 1.807) is 0 Å². The first-order chi connectivity index (χ1) is 9.75. The zero-order chi connectivity index (χ0) is 14.2. The quantitative estimate of drug-likeness (QED) is 0.619. The Balaban J connectivity index is 1.69. The van der Waals surface area contributed by atoms with E-state index in [0.717, 1.165) is 29.5 Å². The molecule has 0 aliphatic carbocycles. The lowest BCUT2D eigenvalue weighted by Crippen LogP contribution is -2.29. The summed E-state index contributed by atoms with van der Waals surface area (Å²) in [6, 6.07) is 18.4. The first kappa shape index (κ1) is 15.0. The van der Waals surface area contributed by atoms with Crippen LogP contribution in [-0.2, 0) is 6.42 Å². The number of benzene rings is 2. The minimum atomic E-state index is 0.657. The second-order valence-corrected chi connectivity index (χ2v) is 5.71. The van der Waals surface area contributed by atoms with Gasteiger partial charge in [0.2, 0.25) is 0 Å². The van der Waals surface area contributed by atoms with Gasteiger partial charge in [-0.25, -0.2) is 0 Å². The van der Waals surface area contributed by atoms with Crippen LogP contribution in [-0.4, -0.2) is 11.7 Å². The van der Waals surface area contributed by atoms with Gasteiger partial charge < -0.3 is 10.6 Å². The first-order valence-corrected chi connectivity index (χ1v) is 7.79. The number of hydrogen-bond acceptors (Lipinski definition) is 1. The van der Waals surface area contributed by atoms with Gasteiger partial charge in [-0.3, -0.25) is 0 Å². The second-order valence-electron chi connectivity index (χ2n) is 4.45. The highest BCUT2D eigenvalue weighted by molar-refractivity contribution is 9.10. The molecule has 0 amide bonds. The molecule has 0 fully saturated rings. The molecule has 0 unspecified atom stereocenters. The smallest absolute Gasteiger partial charge is 0.170 e. The number of hydrogen-bond donors (Lipinski definition) is 2. The summed E-state index contributed by atoms with van der Waals surface area (Å²) >= 11 is 8.77. The van der Waals surface area contributed by atoms with Gasteiger partial charge in [0.25, 0.3) is 0 Å². The van der Waals surface area contributed by atoms with Gasteiger partial charge in [-0.2, -0.15) is 0 Å². The maximum absolute atomic E-state index is 5.28. The summed E-state index contributed by atoms with van der Waals surface area (Å²) in [6.45, 7) is 0.866. The molecule has 0 saturated carbocycles. The van der Waals surface area contributed by atoms with Gasteiger partial charge in [-0.1, -0.05) is 42.5 Å². The Hall–Kier alpha value is -1.39. The molecule has 2 N–H and O–H groups in total. The molecule has 0 bridgehead atoms. The van der Waals surface area contributed by atoms with Crippen LogP contribution < -0.4 is 10.6 Å². The van der Waals surface area contributed by atoms with Crippen molar-refractivity contribution in [2.45, 2.75) is 12.8 Å². The summed E-state index contributed by atoms with van der Waals surface area (Å²) in [7, 11) is 0. The third-order valence-corrected chi connectivity index (χ3v) is 3.83. The highest BCUT2D eigenvalue weighted by atomic mass is 79.9. The van der Waals surface area contributed by atoms with E-state index in [2.05, 4.69) is 50.8 Å². The Morgan fingerprint density at radius 2 is 1.70 bits per heavy atom. The summed E-state index contributed by atoms with van der Waals surface area (Å²) in [5.74, 6) is 0. The van der Waals surface area contributed by atoms with E-state index in [9.17, 15) is 0 Å². The average Bonchev–Trinajstić information content (AvgIpc) is 2.47. The zero-order valence-electron chi connectivity index (χ0n) is 11.1. The molecule has 0 atom stereocenters. The summed E-state index contributed by atoms with van der Waals surface area (Å²) < 4.78 is 1.01. The predicted octanol–water partition coefficient (Wildman–Crippen LogP) is 4.37. The average molecular weight is 349 g/mol. The summed E-state index contributed by atoms with van der Waals surface area (Å²) in [5.41, 5.74) is 2.34. The second kappa shape index (κ2) is 8.02. The third-order valence-electron chi connectivity index (χ3n) is 2.89. The van der Waals surface area contributed by atoms with Crippen molar-refractivity contribution in [1.29, 1.82) is 0 Å². The van der Waals surface area contributed by atoms with E-state index in [1.165, 1.54) is 5.56 Å². The number of nitrogens with one attached hydrogen (secondary N) is 2. The van der Waals surface area contributed by atoms with Crippen molar-refractivity contribution >= 4 is 38.9 Å². The Bertz CT molecular complexity index is 557. The Labute approximate surface area is 133 Å². The van der Waals surface area contributed by atoms with Crippen LogP contribution in [0.5, 0.6) is 0 Å². The van der Waals surface area contributed by atoms with E-state index >= 15 is 0 Å². The molecular formula is C16H17BrN2S. The largest absolute Gasteiger partial charge is 0.362 e. The lowest BCUT2D eigenvalue weighted by atomic mass is 10.1. The molecule has 0 aromatic heterocycles. The van der Waals surface area contributed by atoms with Crippen LogP contribution in [0.15, 0.2) is 59.1 Å². The van der Waals surface area contributed by atoms with Gasteiger partial charge in [0.15, 0.2) is 5.11 Å². The first-order valence-electron chi connectivity index (χ1n) is 6.59. The SMILES string of the molecule is S=C(NCCCc1ccccc1)Nc1ccccc1Br. The fourth-order valence-corrected chi connectivity index (χ4v) is 2.46. The fourth-order valence-electron chi connectivity index (χ4n) is 1.87. The standard InChI is InChI=1S/C16H17BrN2S/c17-14-10-4-5-11-15(14)19-16(20)18-12-6-9-13-7-2-1-3-8-13/h1-5,7-8,10-11H,6,9,12H2,(H2,18,19,20). The van der Waals surface area contributed by atoms with Crippen LogP contribution in [0.2, 0.25) is 0 Å². The lowest BCUT2D eigenvalue weighted by Gasteiger charge is -2.11. The van der Waals surface area contributed by atoms with E-state index in [-0.39, 0.29) is 0 Å². The van der Waals surface area contributed by atoms with Crippen LogP contribution in [0, 0.1) is 0 Å². The molecular weight excluding hydrogens is 332 g/mol.